The van der Waals surface area contributed by atoms with E-state index in [9.17, 15) is 18.5 Å². The normalized spacial score (nSPS) is 15.1. The summed E-state index contributed by atoms with van der Waals surface area (Å²) in [6, 6.07) is 1.09. The average Bonchev–Trinajstić information content (AvgIpc) is 2.52. The Morgan fingerprint density at radius 1 is 1.42 bits per heavy atom. The maximum Gasteiger partial charge on any atom is 0.469 e. The molecule has 0 aliphatic carbocycles. The Labute approximate surface area is 138 Å². The second-order valence-corrected chi connectivity index (χ2v) is 5.91. The highest BCUT2D eigenvalue weighted by molar-refractivity contribution is 7.46. The first-order valence-corrected chi connectivity index (χ1v) is 8.91. The third kappa shape index (κ3) is 7.06. The van der Waals surface area contributed by atoms with Gasteiger partial charge in [-0.15, -0.1) is 0 Å². The minimum atomic E-state index is -4.78. The van der Waals surface area contributed by atoms with Gasteiger partial charge in [0, 0.05) is 12.3 Å². The van der Waals surface area contributed by atoms with Gasteiger partial charge in [0.05, 0.1) is 6.61 Å². The molecule has 9 nitrogen and oxygen atoms in total. The van der Waals surface area contributed by atoms with Gasteiger partial charge in [0.25, 0.3) is 5.56 Å². The lowest BCUT2D eigenvalue weighted by molar-refractivity contribution is -0.150. The summed E-state index contributed by atoms with van der Waals surface area (Å²) in [4.78, 5) is 42.1. The number of nitrogens with zero attached hydrogens (tertiary/aromatic N) is 1. The molecule has 3 N–H and O–H groups in total. The molecule has 1 heterocycles. The van der Waals surface area contributed by atoms with Crippen LogP contribution in [0.4, 0.5) is 4.39 Å². The number of alkyl halides is 1. The van der Waals surface area contributed by atoms with E-state index in [0.29, 0.717) is 0 Å². The third-order valence-corrected chi connectivity index (χ3v) is 3.51. The number of aromatic amines is 1. The molecule has 11 heteroatoms. The van der Waals surface area contributed by atoms with Crippen LogP contribution in [0.2, 0.25) is 0 Å². The highest BCUT2D eigenvalue weighted by Crippen LogP contribution is 2.38. The van der Waals surface area contributed by atoms with Crippen LogP contribution in [0.3, 0.4) is 0 Å². The van der Waals surface area contributed by atoms with E-state index in [0.717, 1.165) is 10.6 Å². The van der Waals surface area contributed by atoms with Gasteiger partial charge in [-0.2, -0.15) is 0 Å². The fourth-order valence-electron chi connectivity index (χ4n) is 1.72. The third-order valence-electron chi connectivity index (χ3n) is 3.05. The van der Waals surface area contributed by atoms with E-state index >= 15 is 0 Å². The summed E-state index contributed by atoms with van der Waals surface area (Å²) in [5, 5.41) is 0. The fourth-order valence-corrected chi connectivity index (χ4v) is 2.12. The molecular weight excluding hydrogens is 346 g/mol. The summed E-state index contributed by atoms with van der Waals surface area (Å²) in [6.07, 6.45) is 0.237. The molecule has 0 aliphatic heterocycles. The van der Waals surface area contributed by atoms with Gasteiger partial charge in [0.1, 0.15) is 18.5 Å². The lowest BCUT2D eigenvalue weighted by Gasteiger charge is -2.33. The molecule has 0 saturated carbocycles. The molecule has 0 aromatic carbocycles. The number of halogens is 1. The second kappa shape index (κ2) is 9.85. The molecule has 1 rings (SSSR count). The second-order valence-electron chi connectivity index (χ2n) is 4.67. The Kier molecular flexibility index (Phi) is 9.31. The summed E-state index contributed by atoms with van der Waals surface area (Å²) in [7, 11) is -4.78. The average molecular weight is 370 g/mol. The highest BCUT2D eigenvalue weighted by atomic mass is 31.2. The molecule has 0 saturated heterocycles. The number of phosphoric acid groups is 1. The lowest BCUT2D eigenvalue weighted by atomic mass is 10.0. The molecule has 0 fully saturated rings. The van der Waals surface area contributed by atoms with Crippen LogP contribution in [0.15, 0.2) is 21.9 Å². The first-order chi connectivity index (χ1) is 11.1. The van der Waals surface area contributed by atoms with Crippen LogP contribution in [0.25, 0.3) is 0 Å². The predicted octanol–water partition coefficient (Wildman–Crippen LogP) is 1.33. The molecule has 0 radical (unpaired) electrons. The smallest absolute Gasteiger partial charge is 0.347 e. The van der Waals surface area contributed by atoms with Crippen molar-refractivity contribution in [2.75, 3.05) is 13.3 Å². The lowest BCUT2D eigenvalue weighted by Crippen LogP contribution is -2.43. The van der Waals surface area contributed by atoms with E-state index in [1.165, 1.54) is 13.1 Å². The van der Waals surface area contributed by atoms with E-state index in [4.69, 9.17) is 14.5 Å². The van der Waals surface area contributed by atoms with Crippen molar-refractivity contribution < 1.29 is 28.0 Å². The largest absolute Gasteiger partial charge is 0.469 e. The highest BCUT2D eigenvalue weighted by Gasteiger charge is 2.35. The Hall–Kier alpha value is -1.32. The number of hydrogen-bond donors (Lipinski definition) is 3. The zero-order valence-corrected chi connectivity index (χ0v) is 15.0. The maximum absolute atomic E-state index is 13.3. The van der Waals surface area contributed by atoms with E-state index in [1.807, 2.05) is 18.8 Å². The van der Waals surface area contributed by atoms with Gasteiger partial charge in [-0.25, -0.2) is 13.8 Å². The van der Waals surface area contributed by atoms with Crippen LogP contribution < -0.4 is 11.2 Å². The van der Waals surface area contributed by atoms with Crippen molar-refractivity contribution in [3.8, 4) is 0 Å². The van der Waals surface area contributed by atoms with Crippen molar-refractivity contribution >= 4 is 7.82 Å². The zero-order valence-electron chi connectivity index (χ0n) is 14.1. The number of rotatable bonds is 8. The molecular formula is C13H24FN2O7P. The van der Waals surface area contributed by atoms with Crippen molar-refractivity contribution in [1.29, 1.82) is 0 Å². The van der Waals surface area contributed by atoms with E-state index < -0.39 is 44.2 Å². The number of H-pyrrole nitrogens is 1. The molecule has 0 spiro atoms. The first kappa shape index (κ1) is 22.7. The Balaban J connectivity index is 0.00000254. The molecule has 1 aromatic rings. The van der Waals surface area contributed by atoms with Crippen molar-refractivity contribution in [2.24, 2.45) is 0 Å². The van der Waals surface area contributed by atoms with Crippen LogP contribution in [0.5, 0.6) is 0 Å². The van der Waals surface area contributed by atoms with Gasteiger partial charge in [-0.05, 0) is 13.3 Å². The van der Waals surface area contributed by atoms with Crippen molar-refractivity contribution in [1.82, 2.24) is 9.55 Å². The summed E-state index contributed by atoms with van der Waals surface area (Å²) in [5.74, 6) is 0. The monoisotopic (exact) mass is 370 g/mol. The van der Waals surface area contributed by atoms with Crippen LogP contribution in [-0.4, -0.2) is 38.2 Å². The quantitative estimate of drug-likeness (QED) is 0.588. The number of ether oxygens (including phenoxy) is 1. The number of aromatic nitrogens is 2. The minimum Gasteiger partial charge on any atom is -0.347 e. The van der Waals surface area contributed by atoms with Crippen LogP contribution >= 0.6 is 7.82 Å². The Morgan fingerprint density at radius 2 is 2.00 bits per heavy atom. The van der Waals surface area contributed by atoms with Crippen LogP contribution in [0.1, 0.15) is 40.3 Å². The molecule has 0 unspecified atom stereocenters. The molecule has 2 atom stereocenters. The summed E-state index contributed by atoms with van der Waals surface area (Å²) < 4.78 is 34.9. The Morgan fingerprint density at radius 3 is 2.42 bits per heavy atom. The van der Waals surface area contributed by atoms with E-state index in [1.54, 1.807) is 6.92 Å². The predicted molar refractivity (Wildman–Crippen MR) is 85.5 cm³/mol. The van der Waals surface area contributed by atoms with Gasteiger partial charge >= 0.3 is 13.5 Å². The summed E-state index contributed by atoms with van der Waals surface area (Å²) >= 11 is 0. The van der Waals surface area contributed by atoms with Crippen LogP contribution in [0, 0.1) is 0 Å². The maximum atomic E-state index is 13.3. The van der Waals surface area contributed by atoms with Crippen LogP contribution in [-0.2, 0) is 13.8 Å². The van der Waals surface area contributed by atoms with Gasteiger partial charge < -0.3 is 14.5 Å². The zero-order chi connectivity index (χ0) is 19.0. The fraction of sp³-hybridized carbons (Fsp3) is 0.692. The summed E-state index contributed by atoms with van der Waals surface area (Å²) in [6.45, 7) is 5.21. The molecule has 140 valence electrons. The Bertz CT molecular complexity index is 650. The molecule has 0 aliphatic rings. The SMILES string of the molecule is CC.CC[C@@](CF)(COP(=O)(O)O)O[C@H](C)n1ccc(=O)[nH]c1=O. The minimum absolute atomic E-state index is 0.0476. The van der Waals surface area contributed by atoms with Gasteiger partial charge in [-0.1, -0.05) is 20.8 Å². The summed E-state index contributed by atoms with van der Waals surface area (Å²) in [5.41, 5.74) is -2.97. The van der Waals surface area contributed by atoms with Crippen molar-refractivity contribution in [3.63, 3.8) is 0 Å². The van der Waals surface area contributed by atoms with E-state index in [-0.39, 0.29) is 6.42 Å². The standard InChI is InChI=1S/C11H18FN2O7P.C2H6/c1-3-11(6-12,7-20-22(17,18)19)21-8(2)14-5-4-9(15)13-10(14)16;1-2/h4-5,8H,3,6-7H2,1-2H3,(H,13,15,16)(H2,17,18,19);1-2H3/t8-,11-;/m1./s1. The van der Waals surface area contributed by atoms with E-state index in [2.05, 4.69) is 4.52 Å². The van der Waals surface area contributed by atoms with Crippen molar-refractivity contribution in [2.45, 2.75) is 45.9 Å². The number of phosphoric ester groups is 1. The molecule has 0 bridgehead atoms. The van der Waals surface area contributed by atoms with Gasteiger partial charge in [-0.3, -0.25) is 18.9 Å². The molecule has 24 heavy (non-hydrogen) atoms. The topological polar surface area (TPSA) is 131 Å². The first-order valence-electron chi connectivity index (χ1n) is 7.38. The molecule has 0 amide bonds. The van der Waals surface area contributed by atoms with Gasteiger partial charge in [0.15, 0.2) is 0 Å². The van der Waals surface area contributed by atoms with Crippen molar-refractivity contribution in [3.05, 3.63) is 33.1 Å². The number of nitrogens with one attached hydrogen (secondary N) is 1. The molecule has 1 aromatic heterocycles. The number of hydrogen-bond acceptors (Lipinski definition) is 5. The van der Waals surface area contributed by atoms with Gasteiger partial charge in [0.2, 0.25) is 0 Å².